The van der Waals surface area contributed by atoms with Crippen LogP contribution in [0.25, 0.3) is 0 Å². The van der Waals surface area contributed by atoms with Gasteiger partial charge in [0.05, 0.1) is 0 Å². The smallest absolute Gasteiger partial charge is 0.224 e. The van der Waals surface area contributed by atoms with Gasteiger partial charge in [0.15, 0.2) is 0 Å². The van der Waals surface area contributed by atoms with E-state index in [1.54, 1.807) is 0 Å². The van der Waals surface area contributed by atoms with Gasteiger partial charge in [0, 0.05) is 24.8 Å². The number of hydrogen-bond donors (Lipinski definition) is 2. The second-order valence-corrected chi connectivity index (χ2v) is 5.34. The molecule has 0 amide bonds. The van der Waals surface area contributed by atoms with E-state index in [0.717, 1.165) is 17.3 Å². The highest BCUT2D eigenvalue weighted by atomic mass is 15.1. The Morgan fingerprint density at radius 2 is 2.00 bits per heavy atom. The fourth-order valence-corrected chi connectivity index (χ4v) is 2.59. The minimum atomic E-state index is 0.547. The summed E-state index contributed by atoms with van der Waals surface area (Å²) in [4.78, 5) is 8.74. The van der Waals surface area contributed by atoms with E-state index >= 15 is 0 Å². The van der Waals surface area contributed by atoms with Crippen molar-refractivity contribution in [2.45, 2.75) is 52.0 Å². The SMILES string of the molecule is CNc1ncc(C)c(NC2CCCCCC2C)n1. The van der Waals surface area contributed by atoms with Crippen LogP contribution >= 0.6 is 0 Å². The van der Waals surface area contributed by atoms with Gasteiger partial charge in [-0.25, -0.2) is 4.98 Å². The van der Waals surface area contributed by atoms with Crippen LogP contribution in [-0.2, 0) is 0 Å². The fraction of sp³-hybridized carbons (Fsp3) is 0.714. The molecule has 1 saturated carbocycles. The van der Waals surface area contributed by atoms with Crippen LogP contribution in [0.2, 0.25) is 0 Å². The van der Waals surface area contributed by atoms with Crippen LogP contribution < -0.4 is 10.6 Å². The maximum Gasteiger partial charge on any atom is 0.224 e. The second-order valence-electron chi connectivity index (χ2n) is 5.34. The lowest BCUT2D eigenvalue weighted by atomic mass is 9.97. The standard InChI is InChI=1S/C14H24N4/c1-10-7-5-4-6-8-12(10)17-13-11(2)9-16-14(15-3)18-13/h9-10,12H,4-8H2,1-3H3,(H2,15,16,17,18). The zero-order valence-electron chi connectivity index (χ0n) is 11.7. The summed E-state index contributed by atoms with van der Waals surface area (Å²) in [6.45, 7) is 4.40. The van der Waals surface area contributed by atoms with E-state index < -0.39 is 0 Å². The summed E-state index contributed by atoms with van der Waals surface area (Å²) in [5, 5.41) is 6.62. The van der Waals surface area contributed by atoms with Gasteiger partial charge in [-0.05, 0) is 25.7 Å². The highest BCUT2D eigenvalue weighted by Gasteiger charge is 2.20. The van der Waals surface area contributed by atoms with Gasteiger partial charge < -0.3 is 10.6 Å². The molecular weight excluding hydrogens is 224 g/mol. The molecule has 1 aliphatic rings. The first-order valence-corrected chi connectivity index (χ1v) is 6.98. The number of anilines is 2. The molecule has 2 N–H and O–H groups in total. The summed E-state index contributed by atoms with van der Waals surface area (Å²) in [6, 6.07) is 0.547. The lowest BCUT2D eigenvalue weighted by Gasteiger charge is -2.24. The summed E-state index contributed by atoms with van der Waals surface area (Å²) < 4.78 is 0. The highest BCUT2D eigenvalue weighted by Crippen LogP contribution is 2.26. The van der Waals surface area contributed by atoms with Gasteiger partial charge in [0.1, 0.15) is 5.82 Å². The van der Waals surface area contributed by atoms with Crippen molar-refractivity contribution in [3.05, 3.63) is 11.8 Å². The van der Waals surface area contributed by atoms with Crippen molar-refractivity contribution < 1.29 is 0 Å². The molecule has 0 saturated heterocycles. The van der Waals surface area contributed by atoms with Gasteiger partial charge in [-0.15, -0.1) is 0 Å². The first-order chi connectivity index (χ1) is 8.70. The Morgan fingerprint density at radius 1 is 1.22 bits per heavy atom. The average molecular weight is 248 g/mol. The Balaban J connectivity index is 2.11. The third-order valence-corrected chi connectivity index (χ3v) is 3.88. The van der Waals surface area contributed by atoms with Gasteiger partial charge >= 0.3 is 0 Å². The molecule has 0 spiro atoms. The molecule has 18 heavy (non-hydrogen) atoms. The zero-order chi connectivity index (χ0) is 13.0. The highest BCUT2D eigenvalue weighted by molar-refractivity contribution is 5.47. The van der Waals surface area contributed by atoms with Crippen molar-refractivity contribution in [2.24, 2.45) is 5.92 Å². The molecule has 1 fully saturated rings. The topological polar surface area (TPSA) is 49.8 Å². The molecule has 1 aliphatic carbocycles. The minimum absolute atomic E-state index is 0.547. The van der Waals surface area contributed by atoms with Gasteiger partial charge in [-0.3, -0.25) is 0 Å². The van der Waals surface area contributed by atoms with Crippen molar-refractivity contribution in [1.82, 2.24) is 9.97 Å². The number of rotatable bonds is 3. The van der Waals surface area contributed by atoms with E-state index in [9.17, 15) is 0 Å². The zero-order valence-corrected chi connectivity index (χ0v) is 11.7. The molecule has 4 nitrogen and oxygen atoms in total. The van der Waals surface area contributed by atoms with Crippen molar-refractivity contribution in [3.63, 3.8) is 0 Å². The largest absolute Gasteiger partial charge is 0.367 e. The van der Waals surface area contributed by atoms with Crippen LogP contribution in [0.1, 0.15) is 44.6 Å². The number of aromatic nitrogens is 2. The van der Waals surface area contributed by atoms with Gasteiger partial charge in [0.2, 0.25) is 5.95 Å². The van der Waals surface area contributed by atoms with Crippen LogP contribution in [0.3, 0.4) is 0 Å². The van der Waals surface area contributed by atoms with Crippen LogP contribution in [0.5, 0.6) is 0 Å². The van der Waals surface area contributed by atoms with Crippen molar-refractivity contribution in [2.75, 3.05) is 17.7 Å². The summed E-state index contributed by atoms with van der Waals surface area (Å²) in [6.07, 6.45) is 8.50. The molecule has 1 aromatic heterocycles. The monoisotopic (exact) mass is 248 g/mol. The molecule has 2 rings (SSSR count). The fourth-order valence-electron chi connectivity index (χ4n) is 2.59. The van der Waals surface area contributed by atoms with Crippen molar-refractivity contribution in [1.29, 1.82) is 0 Å². The molecule has 4 heteroatoms. The van der Waals surface area contributed by atoms with E-state index in [-0.39, 0.29) is 0 Å². The molecule has 0 aromatic carbocycles. The van der Waals surface area contributed by atoms with E-state index in [4.69, 9.17) is 0 Å². The maximum absolute atomic E-state index is 4.52. The molecule has 2 unspecified atom stereocenters. The van der Waals surface area contributed by atoms with Crippen LogP contribution in [0, 0.1) is 12.8 Å². The predicted octanol–water partition coefficient (Wildman–Crippen LogP) is 3.21. The average Bonchev–Trinajstić information content (AvgIpc) is 2.58. The number of nitrogens with one attached hydrogen (secondary N) is 2. The lowest BCUT2D eigenvalue weighted by molar-refractivity contribution is 0.455. The molecule has 2 atom stereocenters. The molecule has 100 valence electrons. The van der Waals surface area contributed by atoms with E-state index in [0.29, 0.717) is 12.0 Å². The van der Waals surface area contributed by atoms with E-state index in [1.807, 2.05) is 13.2 Å². The normalized spacial score (nSPS) is 24.4. The Hall–Kier alpha value is -1.32. The summed E-state index contributed by atoms with van der Waals surface area (Å²) in [5.74, 6) is 2.39. The minimum Gasteiger partial charge on any atom is -0.367 e. The Kier molecular flexibility index (Phi) is 4.39. The Labute approximate surface area is 110 Å². The van der Waals surface area contributed by atoms with Crippen LogP contribution in [-0.4, -0.2) is 23.1 Å². The second kappa shape index (κ2) is 6.03. The number of hydrogen-bond acceptors (Lipinski definition) is 4. The lowest BCUT2D eigenvalue weighted by Crippen LogP contribution is -2.27. The molecular formula is C14H24N4. The molecule has 1 aromatic rings. The molecule has 0 radical (unpaired) electrons. The Morgan fingerprint density at radius 3 is 2.78 bits per heavy atom. The molecule has 0 aliphatic heterocycles. The Bertz CT molecular complexity index is 391. The van der Waals surface area contributed by atoms with Gasteiger partial charge in [-0.1, -0.05) is 26.2 Å². The van der Waals surface area contributed by atoms with Crippen molar-refractivity contribution in [3.8, 4) is 0 Å². The third-order valence-electron chi connectivity index (χ3n) is 3.88. The first kappa shape index (κ1) is 13.1. The first-order valence-electron chi connectivity index (χ1n) is 6.98. The van der Waals surface area contributed by atoms with Gasteiger partial charge in [0.25, 0.3) is 0 Å². The number of nitrogens with zero attached hydrogens (tertiary/aromatic N) is 2. The maximum atomic E-state index is 4.52. The summed E-state index contributed by atoms with van der Waals surface area (Å²) in [5.41, 5.74) is 1.12. The quantitative estimate of drug-likeness (QED) is 0.806. The van der Waals surface area contributed by atoms with E-state index in [2.05, 4.69) is 34.4 Å². The number of aryl methyl sites for hydroxylation is 1. The predicted molar refractivity (Wildman–Crippen MR) is 76.0 cm³/mol. The van der Waals surface area contributed by atoms with Crippen LogP contribution in [0.4, 0.5) is 11.8 Å². The summed E-state index contributed by atoms with van der Waals surface area (Å²) >= 11 is 0. The van der Waals surface area contributed by atoms with Gasteiger partial charge in [-0.2, -0.15) is 4.98 Å². The molecule has 0 bridgehead atoms. The van der Waals surface area contributed by atoms with Crippen LogP contribution in [0.15, 0.2) is 6.20 Å². The molecule has 1 heterocycles. The third kappa shape index (κ3) is 3.12. The summed E-state index contributed by atoms with van der Waals surface area (Å²) in [7, 11) is 1.85. The van der Waals surface area contributed by atoms with E-state index in [1.165, 1.54) is 32.1 Å². The van der Waals surface area contributed by atoms with Crippen molar-refractivity contribution >= 4 is 11.8 Å².